The molecule has 10 nitrogen and oxygen atoms in total. The summed E-state index contributed by atoms with van der Waals surface area (Å²) in [6, 6.07) is 4.88. The highest BCUT2D eigenvalue weighted by molar-refractivity contribution is 5.88. The summed E-state index contributed by atoms with van der Waals surface area (Å²) in [4.78, 5) is 47.9. The summed E-state index contributed by atoms with van der Waals surface area (Å²) >= 11 is 0. The number of nitrogens with zero attached hydrogens (tertiary/aromatic N) is 1. The number of non-ortho nitro benzene ring substituents is 1. The van der Waals surface area contributed by atoms with Gasteiger partial charge in [-0.05, 0) is 45.6 Å². The summed E-state index contributed by atoms with van der Waals surface area (Å²) < 4.78 is 10.1. The maximum Gasteiger partial charge on any atom is 0.407 e. The second-order valence-corrected chi connectivity index (χ2v) is 9.34. The molecule has 1 saturated carbocycles. The second kappa shape index (κ2) is 11.1. The Morgan fingerprint density at radius 1 is 1.15 bits per heavy atom. The topological polar surface area (TPSA) is 137 Å². The normalized spacial score (nSPS) is 15.9. The van der Waals surface area contributed by atoms with Gasteiger partial charge in [-0.1, -0.05) is 25.0 Å². The number of nitro groups is 1. The zero-order valence-corrected chi connectivity index (χ0v) is 19.6. The smallest absolute Gasteiger partial charge is 0.407 e. The summed E-state index contributed by atoms with van der Waals surface area (Å²) in [6.45, 7) is 5.59. The molecule has 10 heteroatoms. The van der Waals surface area contributed by atoms with E-state index >= 15 is 0 Å². The highest BCUT2D eigenvalue weighted by Crippen LogP contribution is 2.41. The molecule has 0 saturated heterocycles. The van der Waals surface area contributed by atoms with Crippen molar-refractivity contribution in [2.24, 2.45) is 5.41 Å². The fourth-order valence-corrected chi connectivity index (χ4v) is 4.00. The van der Waals surface area contributed by atoms with Gasteiger partial charge in [-0.2, -0.15) is 0 Å². The number of hydrogen-bond acceptors (Lipinski definition) is 7. The molecule has 0 bridgehead atoms. The molecular formula is C23H33N3O7. The molecule has 2 rings (SSSR count). The Balaban J connectivity index is 2.05. The number of nitro benzene ring substituents is 1. The van der Waals surface area contributed by atoms with Gasteiger partial charge < -0.3 is 20.1 Å². The zero-order chi connectivity index (χ0) is 24.6. The lowest BCUT2D eigenvalue weighted by Crippen LogP contribution is -2.50. The van der Waals surface area contributed by atoms with E-state index < -0.39 is 34.0 Å². The quantitative estimate of drug-likeness (QED) is 0.326. The number of ether oxygens (including phenoxy) is 2. The van der Waals surface area contributed by atoms with E-state index in [0.717, 1.165) is 12.8 Å². The summed E-state index contributed by atoms with van der Waals surface area (Å²) in [6.07, 6.45) is 3.09. The van der Waals surface area contributed by atoms with Crippen LogP contribution in [0.15, 0.2) is 24.3 Å². The SMILES string of the molecule is COC(=O)[C@H](Cc1ccc([N+](=O)[O-])cc1)NC(=O)C1(CCNC(=O)OC(C)(C)C)CCCC1. The van der Waals surface area contributed by atoms with Crippen molar-refractivity contribution < 1.29 is 28.8 Å². The monoisotopic (exact) mass is 463 g/mol. The maximum absolute atomic E-state index is 13.3. The number of carbonyl (C=O) groups excluding carboxylic acids is 3. The van der Waals surface area contributed by atoms with Crippen LogP contribution in [-0.2, 0) is 25.5 Å². The molecule has 0 spiro atoms. The summed E-state index contributed by atoms with van der Waals surface area (Å²) in [5.74, 6) is -0.856. The molecule has 182 valence electrons. The molecule has 2 amide bonds. The van der Waals surface area contributed by atoms with Crippen molar-refractivity contribution in [1.29, 1.82) is 0 Å². The largest absolute Gasteiger partial charge is 0.467 e. The molecule has 0 aliphatic heterocycles. The van der Waals surface area contributed by atoms with Crippen LogP contribution in [0, 0.1) is 15.5 Å². The van der Waals surface area contributed by atoms with Gasteiger partial charge in [0.2, 0.25) is 5.91 Å². The zero-order valence-electron chi connectivity index (χ0n) is 19.6. The average Bonchev–Trinajstić information content (AvgIpc) is 3.22. The van der Waals surface area contributed by atoms with Crippen LogP contribution >= 0.6 is 0 Å². The van der Waals surface area contributed by atoms with E-state index in [0.29, 0.717) is 24.8 Å². The van der Waals surface area contributed by atoms with Crippen molar-refractivity contribution in [2.75, 3.05) is 13.7 Å². The molecule has 2 N–H and O–H groups in total. The minimum atomic E-state index is -0.930. The molecule has 0 unspecified atom stereocenters. The molecule has 1 aromatic carbocycles. The Morgan fingerprint density at radius 2 is 1.76 bits per heavy atom. The number of hydrogen-bond donors (Lipinski definition) is 2. The van der Waals surface area contributed by atoms with Crippen molar-refractivity contribution in [3.8, 4) is 0 Å². The summed E-state index contributed by atoms with van der Waals surface area (Å²) in [5, 5.41) is 16.4. The van der Waals surface area contributed by atoms with E-state index in [2.05, 4.69) is 10.6 Å². The van der Waals surface area contributed by atoms with Crippen LogP contribution in [0.3, 0.4) is 0 Å². The Hall–Kier alpha value is -3.17. The van der Waals surface area contributed by atoms with Gasteiger partial charge in [0, 0.05) is 25.1 Å². The first-order valence-electron chi connectivity index (χ1n) is 11.0. The minimum absolute atomic E-state index is 0.0557. The average molecular weight is 464 g/mol. The van der Waals surface area contributed by atoms with Crippen molar-refractivity contribution in [1.82, 2.24) is 10.6 Å². The van der Waals surface area contributed by atoms with E-state index in [1.54, 1.807) is 32.9 Å². The van der Waals surface area contributed by atoms with E-state index in [1.807, 2.05) is 0 Å². The van der Waals surface area contributed by atoms with Crippen LogP contribution in [0.25, 0.3) is 0 Å². The lowest BCUT2D eigenvalue weighted by atomic mass is 9.81. The molecule has 1 aliphatic rings. The summed E-state index contributed by atoms with van der Waals surface area (Å²) in [7, 11) is 1.24. The first kappa shape index (κ1) is 26.1. The first-order valence-corrected chi connectivity index (χ1v) is 11.0. The number of amides is 2. The van der Waals surface area contributed by atoms with Gasteiger partial charge in [-0.15, -0.1) is 0 Å². The van der Waals surface area contributed by atoms with Crippen molar-refractivity contribution in [3.05, 3.63) is 39.9 Å². The molecule has 1 atom stereocenters. The predicted molar refractivity (Wildman–Crippen MR) is 121 cm³/mol. The molecule has 1 fully saturated rings. The molecular weight excluding hydrogens is 430 g/mol. The first-order chi connectivity index (χ1) is 15.5. The second-order valence-electron chi connectivity index (χ2n) is 9.34. The highest BCUT2D eigenvalue weighted by Gasteiger charge is 2.42. The third kappa shape index (κ3) is 7.73. The van der Waals surface area contributed by atoms with Gasteiger partial charge >= 0.3 is 12.1 Å². The minimum Gasteiger partial charge on any atom is -0.467 e. The lowest BCUT2D eigenvalue weighted by Gasteiger charge is -2.30. The maximum atomic E-state index is 13.3. The molecule has 1 aliphatic carbocycles. The van der Waals surface area contributed by atoms with E-state index in [-0.39, 0.29) is 24.6 Å². The standard InChI is InChI=1S/C23H33N3O7/c1-22(2,3)33-21(29)24-14-13-23(11-5-6-12-23)20(28)25-18(19(27)32-4)15-16-7-9-17(10-8-16)26(30)31/h7-10,18H,5-6,11-15H2,1-4H3,(H,24,29)(H,25,28)/t18-/m0/s1. The van der Waals surface area contributed by atoms with Gasteiger partial charge in [0.05, 0.1) is 17.4 Å². The van der Waals surface area contributed by atoms with E-state index in [1.165, 1.54) is 19.2 Å². The molecule has 1 aromatic rings. The van der Waals surface area contributed by atoms with Crippen LogP contribution in [-0.4, -0.2) is 48.2 Å². The van der Waals surface area contributed by atoms with Crippen molar-refractivity contribution >= 4 is 23.7 Å². The van der Waals surface area contributed by atoms with Crippen LogP contribution in [0.4, 0.5) is 10.5 Å². The van der Waals surface area contributed by atoms with Crippen molar-refractivity contribution in [3.63, 3.8) is 0 Å². The lowest BCUT2D eigenvalue weighted by molar-refractivity contribution is -0.384. The number of benzene rings is 1. The van der Waals surface area contributed by atoms with Crippen LogP contribution in [0.5, 0.6) is 0 Å². The van der Waals surface area contributed by atoms with Crippen molar-refractivity contribution in [2.45, 2.75) is 70.9 Å². The number of methoxy groups -OCH3 is 1. The number of nitrogens with one attached hydrogen (secondary N) is 2. The van der Waals surface area contributed by atoms with Gasteiger partial charge in [0.1, 0.15) is 11.6 Å². The number of esters is 1. The van der Waals surface area contributed by atoms with Gasteiger partial charge in [-0.25, -0.2) is 9.59 Å². The highest BCUT2D eigenvalue weighted by atomic mass is 16.6. The fraction of sp³-hybridized carbons (Fsp3) is 0.609. The van der Waals surface area contributed by atoms with Crippen LogP contribution in [0.2, 0.25) is 0 Å². The Morgan fingerprint density at radius 3 is 2.27 bits per heavy atom. The number of carbonyl (C=O) groups is 3. The number of rotatable bonds is 9. The van der Waals surface area contributed by atoms with Crippen LogP contribution < -0.4 is 10.6 Å². The predicted octanol–water partition coefficient (Wildman–Crippen LogP) is 3.27. The molecule has 0 radical (unpaired) electrons. The Labute approximate surface area is 193 Å². The Kier molecular flexibility index (Phi) is 8.78. The fourth-order valence-electron chi connectivity index (χ4n) is 4.00. The molecule has 0 aromatic heterocycles. The van der Waals surface area contributed by atoms with Gasteiger partial charge in [0.15, 0.2) is 0 Å². The van der Waals surface area contributed by atoms with Gasteiger partial charge in [0.25, 0.3) is 5.69 Å². The summed E-state index contributed by atoms with van der Waals surface area (Å²) in [5.41, 5.74) is -0.710. The molecule has 0 heterocycles. The van der Waals surface area contributed by atoms with E-state index in [9.17, 15) is 24.5 Å². The third-order valence-electron chi connectivity index (χ3n) is 5.69. The van der Waals surface area contributed by atoms with Gasteiger partial charge in [-0.3, -0.25) is 14.9 Å². The van der Waals surface area contributed by atoms with Crippen LogP contribution in [0.1, 0.15) is 58.4 Å². The van der Waals surface area contributed by atoms with E-state index in [4.69, 9.17) is 9.47 Å². The number of alkyl carbamates (subject to hydrolysis) is 1. The Bertz CT molecular complexity index is 856. The molecule has 33 heavy (non-hydrogen) atoms. The third-order valence-corrected chi connectivity index (χ3v) is 5.69.